The molecule has 1 heterocycles. The van der Waals surface area contributed by atoms with E-state index in [1.807, 2.05) is 13.0 Å². The van der Waals surface area contributed by atoms with Gasteiger partial charge in [-0.2, -0.15) is 20.1 Å². The fourth-order valence-corrected chi connectivity index (χ4v) is 2.87. The first-order valence-corrected chi connectivity index (χ1v) is 9.68. The lowest BCUT2D eigenvalue weighted by Gasteiger charge is -2.10. The number of hydrogen-bond acceptors (Lipinski definition) is 6. The third-order valence-electron chi connectivity index (χ3n) is 4.31. The molecule has 3 rings (SSSR count). The average molecular weight is 436 g/mol. The summed E-state index contributed by atoms with van der Waals surface area (Å²) in [6, 6.07) is 15.3. The number of hydrogen-bond donors (Lipinski definition) is 1. The van der Waals surface area contributed by atoms with Crippen LogP contribution in [0, 0.1) is 18.3 Å². The molecule has 0 radical (unpaired) electrons. The zero-order valence-corrected chi connectivity index (χ0v) is 17.6. The Labute approximate surface area is 183 Å². The van der Waals surface area contributed by atoms with Gasteiger partial charge in [-0.25, -0.2) is 5.43 Å². The van der Waals surface area contributed by atoms with Gasteiger partial charge in [0.1, 0.15) is 17.4 Å². The molecular weight excluding hydrogens is 418 g/mol. The quantitative estimate of drug-likeness (QED) is 0.472. The molecule has 1 amide bonds. The highest BCUT2D eigenvalue weighted by Crippen LogP contribution is 2.14. The molecule has 156 valence electrons. The maximum absolute atomic E-state index is 12.7. The SMILES string of the molecule is CCOc1ccc(/C=N/NC(=O)c2nn(-c3ccc(Cl)cc3)c(=O)c(C#N)c2C)cc1. The second kappa shape index (κ2) is 9.69. The molecule has 0 atom stereocenters. The molecule has 0 saturated carbocycles. The van der Waals surface area contributed by atoms with Crippen LogP contribution in [-0.2, 0) is 0 Å². The minimum absolute atomic E-state index is 0.0880. The molecule has 0 bridgehead atoms. The zero-order valence-electron chi connectivity index (χ0n) is 16.8. The Hall–Kier alpha value is -3.96. The number of benzene rings is 2. The van der Waals surface area contributed by atoms with Crippen molar-refractivity contribution in [2.75, 3.05) is 6.61 Å². The molecule has 0 aliphatic rings. The second-order valence-electron chi connectivity index (χ2n) is 6.35. The molecule has 1 N–H and O–H groups in total. The molecule has 0 aliphatic carbocycles. The van der Waals surface area contributed by atoms with Crippen molar-refractivity contribution in [3.63, 3.8) is 0 Å². The summed E-state index contributed by atoms with van der Waals surface area (Å²) in [5.41, 5.74) is 2.78. The minimum Gasteiger partial charge on any atom is -0.494 e. The minimum atomic E-state index is -0.654. The van der Waals surface area contributed by atoms with Crippen LogP contribution in [0.1, 0.15) is 34.1 Å². The Kier molecular flexibility index (Phi) is 6.80. The normalized spacial score (nSPS) is 10.6. The Morgan fingerprint density at radius 1 is 1.26 bits per heavy atom. The molecule has 1 aromatic heterocycles. The number of amides is 1. The van der Waals surface area contributed by atoms with Crippen molar-refractivity contribution in [1.29, 1.82) is 5.26 Å². The molecule has 0 unspecified atom stereocenters. The molecular formula is C22H18ClN5O3. The molecule has 3 aromatic rings. The van der Waals surface area contributed by atoms with E-state index in [0.717, 1.165) is 16.0 Å². The van der Waals surface area contributed by atoms with Crippen molar-refractivity contribution in [2.45, 2.75) is 13.8 Å². The predicted octanol–water partition coefficient (Wildman–Crippen LogP) is 3.23. The lowest BCUT2D eigenvalue weighted by atomic mass is 10.1. The van der Waals surface area contributed by atoms with Crippen molar-refractivity contribution in [3.05, 3.63) is 86.3 Å². The van der Waals surface area contributed by atoms with Gasteiger partial charge in [0, 0.05) is 10.6 Å². The monoisotopic (exact) mass is 435 g/mol. The number of rotatable bonds is 6. The molecule has 31 heavy (non-hydrogen) atoms. The summed E-state index contributed by atoms with van der Waals surface area (Å²) < 4.78 is 6.37. The van der Waals surface area contributed by atoms with Gasteiger partial charge in [-0.1, -0.05) is 11.6 Å². The molecule has 0 saturated heterocycles. The number of carbonyl (C=O) groups excluding carboxylic acids is 1. The molecule has 0 spiro atoms. The Balaban J connectivity index is 1.88. The average Bonchev–Trinajstić information content (AvgIpc) is 2.76. The lowest BCUT2D eigenvalue weighted by molar-refractivity contribution is 0.0947. The molecule has 0 aliphatic heterocycles. The van der Waals surface area contributed by atoms with Crippen LogP contribution in [0.4, 0.5) is 0 Å². The van der Waals surface area contributed by atoms with Gasteiger partial charge < -0.3 is 4.74 Å². The van der Waals surface area contributed by atoms with E-state index in [9.17, 15) is 14.9 Å². The summed E-state index contributed by atoms with van der Waals surface area (Å²) in [7, 11) is 0. The Morgan fingerprint density at radius 2 is 1.94 bits per heavy atom. The lowest BCUT2D eigenvalue weighted by Crippen LogP contribution is -2.31. The van der Waals surface area contributed by atoms with Gasteiger partial charge in [-0.3, -0.25) is 9.59 Å². The highest BCUT2D eigenvalue weighted by Gasteiger charge is 2.20. The van der Waals surface area contributed by atoms with Crippen LogP contribution in [-0.4, -0.2) is 28.5 Å². The van der Waals surface area contributed by atoms with Gasteiger partial charge >= 0.3 is 0 Å². The number of nitrogens with one attached hydrogen (secondary N) is 1. The van der Waals surface area contributed by atoms with E-state index in [4.69, 9.17) is 16.3 Å². The first-order valence-electron chi connectivity index (χ1n) is 9.30. The fraction of sp³-hybridized carbons (Fsp3) is 0.136. The number of hydrazone groups is 1. The van der Waals surface area contributed by atoms with Crippen LogP contribution < -0.4 is 15.7 Å². The van der Waals surface area contributed by atoms with Gasteiger partial charge in [-0.05, 0) is 67.9 Å². The third kappa shape index (κ3) is 4.97. The maximum Gasteiger partial charge on any atom is 0.292 e. The number of halogens is 1. The smallest absolute Gasteiger partial charge is 0.292 e. The van der Waals surface area contributed by atoms with E-state index in [-0.39, 0.29) is 16.8 Å². The summed E-state index contributed by atoms with van der Waals surface area (Å²) in [6.45, 7) is 3.96. The van der Waals surface area contributed by atoms with Gasteiger partial charge in [0.2, 0.25) is 0 Å². The van der Waals surface area contributed by atoms with Crippen LogP contribution in [0.5, 0.6) is 5.75 Å². The van der Waals surface area contributed by atoms with E-state index in [2.05, 4.69) is 15.6 Å². The number of aromatic nitrogens is 2. The summed E-state index contributed by atoms with van der Waals surface area (Å²) in [5, 5.41) is 18.0. The summed E-state index contributed by atoms with van der Waals surface area (Å²) in [5.74, 6) is 0.0795. The van der Waals surface area contributed by atoms with Crippen LogP contribution in [0.2, 0.25) is 5.02 Å². The van der Waals surface area contributed by atoms with Crippen molar-refractivity contribution >= 4 is 23.7 Å². The molecule has 2 aromatic carbocycles. The number of nitrogens with zero attached hydrogens (tertiary/aromatic N) is 4. The van der Waals surface area contributed by atoms with Crippen LogP contribution in [0.15, 0.2) is 58.4 Å². The molecule has 8 nitrogen and oxygen atoms in total. The third-order valence-corrected chi connectivity index (χ3v) is 4.56. The van der Waals surface area contributed by atoms with E-state index in [0.29, 0.717) is 17.3 Å². The topological polar surface area (TPSA) is 109 Å². The van der Waals surface area contributed by atoms with Crippen LogP contribution in [0.25, 0.3) is 5.69 Å². The van der Waals surface area contributed by atoms with Crippen molar-refractivity contribution in [3.8, 4) is 17.5 Å². The number of carbonyl (C=O) groups is 1. The summed E-state index contributed by atoms with van der Waals surface area (Å²) in [4.78, 5) is 25.3. The summed E-state index contributed by atoms with van der Waals surface area (Å²) >= 11 is 5.89. The van der Waals surface area contributed by atoms with E-state index in [1.54, 1.807) is 48.5 Å². The predicted molar refractivity (Wildman–Crippen MR) is 117 cm³/mol. The zero-order chi connectivity index (χ0) is 22.4. The van der Waals surface area contributed by atoms with E-state index in [1.165, 1.54) is 13.1 Å². The molecule has 0 fully saturated rings. The van der Waals surface area contributed by atoms with E-state index < -0.39 is 11.5 Å². The van der Waals surface area contributed by atoms with Gasteiger partial charge in [0.05, 0.1) is 18.5 Å². The van der Waals surface area contributed by atoms with Crippen molar-refractivity contribution < 1.29 is 9.53 Å². The second-order valence-corrected chi connectivity index (χ2v) is 6.79. The largest absolute Gasteiger partial charge is 0.494 e. The first-order chi connectivity index (χ1) is 14.9. The van der Waals surface area contributed by atoms with Crippen molar-refractivity contribution in [2.24, 2.45) is 5.10 Å². The van der Waals surface area contributed by atoms with Crippen LogP contribution in [0.3, 0.4) is 0 Å². The van der Waals surface area contributed by atoms with Gasteiger partial charge in [0.25, 0.3) is 11.5 Å². The highest BCUT2D eigenvalue weighted by molar-refractivity contribution is 6.30. The van der Waals surface area contributed by atoms with Gasteiger partial charge in [0.15, 0.2) is 5.69 Å². The Bertz CT molecular complexity index is 1230. The van der Waals surface area contributed by atoms with Crippen LogP contribution >= 0.6 is 11.6 Å². The molecule has 9 heteroatoms. The number of nitriles is 1. The van der Waals surface area contributed by atoms with E-state index >= 15 is 0 Å². The number of ether oxygens (including phenoxy) is 1. The standard InChI is InChI=1S/C22H18ClN5O3/c1-3-31-18-10-4-15(5-11-18)13-25-26-21(29)20-14(2)19(12-24)22(30)28(27-20)17-8-6-16(23)7-9-17/h4-11,13H,3H2,1-2H3,(H,26,29)/b25-13+. The Morgan fingerprint density at radius 3 is 2.55 bits per heavy atom. The van der Waals surface area contributed by atoms with Crippen molar-refractivity contribution in [1.82, 2.24) is 15.2 Å². The maximum atomic E-state index is 12.7. The summed E-state index contributed by atoms with van der Waals surface area (Å²) in [6.07, 6.45) is 1.46. The first kappa shape index (κ1) is 21.7. The fourth-order valence-electron chi connectivity index (χ4n) is 2.74. The van der Waals surface area contributed by atoms with Gasteiger partial charge in [-0.15, -0.1) is 0 Å². The highest BCUT2D eigenvalue weighted by atomic mass is 35.5.